The fourth-order valence-corrected chi connectivity index (χ4v) is 2.88. The molecule has 0 radical (unpaired) electrons. The Labute approximate surface area is 125 Å². The minimum absolute atomic E-state index is 0.198. The maximum Gasteiger partial charge on any atom is 0.240 e. The molecule has 1 aliphatic carbocycles. The van der Waals surface area contributed by atoms with E-state index in [1.165, 1.54) is 0 Å². The van der Waals surface area contributed by atoms with Crippen molar-refractivity contribution >= 4 is 5.52 Å². The average Bonchev–Trinajstić information content (AvgIpc) is 2.93. The first-order valence-corrected chi connectivity index (χ1v) is 7.79. The Kier molecular flexibility index (Phi) is 4.10. The zero-order chi connectivity index (χ0) is 14.8. The van der Waals surface area contributed by atoms with Crippen LogP contribution in [-0.4, -0.2) is 32.4 Å². The minimum Gasteiger partial charge on any atom is -0.473 e. The van der Waals surface area contributed by atoms with Gasteiger partial charge in [-0.25, -0.2) is 9.50 Å². The van der Waals surface area contributed by atoms with Gasteiger partial charge in [0, 0.05) is 19.0 Å². The first-order chi connectivity index (χ1) is 10.2. The van der Waals surface area contributed by atoms with Crippen molar-refractivity contribution in [2.24, 2.45) is 5.92 Å². The molecule has 1 aliphatic rings. The third-order valence-corrected chi connectivity index (χ3v) is 4.30. The van der Waals surface area contributed by atoms with Crippen LogP contribution in [0.15, 0.2) is 18.5 Å². The first-order valence-electron chi connectivity index (χ1n) is 7.79. The van der Waals surface area contributed by atoms with Crippen molar-refractivity contribution in [2.75, 3.05) is 6.61 Å². The highest BCUT2D eigenvalue weighted by molar-refractivity contribution is 5.56. The Hall–Kier alpha value is -1.62. The van der Waals surface area contributed by atoms with Crippen molar-refractivity contribution in [2.45, 2.75) is 51.6 Å². The number of hydrogen-bond acceptors (Lipinski definition) is 4. The van der Waals surface area contributed by atoms with Gasteiger partial charge in [-0.1, -0.05) is 13.8 Å². The molecular formula is C16H23N3O2. The molecule has 2 aromatic heterocycles. The summed E-state index contributed by atoms with van der Waals surface area (Å²) < 4.78 is 7.95. The van der Waals surface area contributed by atoms with E-state index in [1.54, 1.807) is 6.20 Å². The summed E-state index contributed by atoms with van der Waals surface area (Å²) in [4.78, 5) is 4.38. The number of fused-ring (bicyclic) bond motifs is 1. The lowest BCUT2D eigenvalue weighted by atomic mass is 9.88. The largest absolute Gasteiger partial charge is 0.473 e. The molecule has 0 atom stereocenters. The number of aliphatic hydroxyl groups excluding tert-OH is 1. The second-order valence-corrected chi connectivity index (χ2v) is 6.23. The molecule has 21 heavy (non-hydrogen) atoms. The Balaban J connectivity index is 1.78. The van der Waals surface area contributed by atoms with E-state index < -0.39 is 0 Å². The molecule has 0 saturated heterocycles. The summed E-state index contributed by atoms with van der Waals surface area (Å²) in [5, 5.41) is 13.8. The topological polar surface area (TPSA) is 59.7 Å². The number of ether oxygens (including phenoxy) is 1. The Morgan fingerprint density at radius 1 is 1.33 bits per heavy atom. The van der Waals surface area contributed by atoms with Gasteiger partial charge in [-0.05, 0) is 43.6 Å². The van der Waals surface area contributed by atoms with Crippen LogP contribution in [0, 0.1) is 5.92 Å². The molecule has 0 amide bonds. The zero-order valence-electron chi connectivity index (χ0n) is 12.7. The van der Waals surface area contributed by atoms with Crippen molar-refractivity contribution in [3.05, 3.63) is 24.2 Å². The van der Waals surface area contributed by atoms with E-state index in [1.807, 2.05) is 10.7 Å². The van der Waals surface area contributed by atoms with Gasteiger partial charge in [0.25, 0.3) is 0 Å². The lowest BCUT2D eigenvalue weighted by Gasteiger charge is -2.27. The number of aliphatic hydroxyl groups is 1. The van der Waals surface area contributed by atoms with Crippen molar-refractivity contribution in [1.82, 2.24) is 14.6 Å². The molecule has 5 heteroatoms. The number of aromatic nitrogens is 3. The van der Waals surface area contributed by atoms with Gasteiger partial charge in [-0.15, -0.1) is 0 Å². The molecule has 2 aromatic rings. The van der Waals surface area contributed by atoms with Gasteiger partial charge in [0.2, 0.25) is 5.88 Å². The van der Waals surface area contributed by atoms with Crippen molar-refractivity contribution in [1.29, 1.82) is 0 Å². The van der Waals surface area contributed by atoms with E-state index in [9.17, 15) is 5.11 Å². The molecule has 1 fully saturated rings. The third kappa shape index (κ3) is 3.02. The summed E-state index contributed by atoms with van der Waals surface area (Å²) in [5.74, 6) is 1.50. The molecule has 3 rings (SSSR count). The molecule has 0 unspecified atom stereocenters. The van der Waals surface area contributed by atoms with E-state index in [2.05, 4.69) is 30.0 Å². The van der Waals surface area contributed by atoms with E-state index in [0.29, 0.717) is 24.3 Å². The summed E-state index contributed by atoms with van der Waals surface area (Å²) in [6.45, 7) is 4.55. The fourth-order valence-electron chi connectivity index (χ4n) is 2.88. The smallest absolute Gasteiger partial charge is 0.240 e. The van der Waals surface area contributed by atoms with Crippen LogP contribution in [0.4, 0.5) is 0 Å². The van der Waals surface area contributed by atoms with Crippen molar-refractivity contribution < 1.29 is 9.84 Å². The zero-order valence-corrected chi connectivity index (χ0v) is 12.7. The van der Waals surface area contributed by atoms with Crippen LogP contribution in [0.25, 0.3) is 5.52 Å². The van der Waals surface area contributed by atoms with Crippen LogP contribution in [0.2, 0.25) is 0 Å². The van der Waals surface area contributed by atoms with Crippen LogP contribution in [-0.2, 0) is 0 Å². The van der Waals surface area contributed by atoms with Gasteiger partial charge in [-0.2, -0.15) is 5.10 Å². The van der Waals surface area contributed by atoms with E-state index in [4.69, 9.17) is 4.74 Å². The van der Waals surface area contributed by atoms with E-state index in [-0.39, 0.29) is 6.10 Å². The van der Waals surface area contributed by atoms with Crippen molar-refractivity contribution in [3.8, 4) is 5.88 Å². The predicted molar refractivity (Wildman–Crippen MR) is 80.5 cm³/mol. The fraction of sp³-hybridized carbons (Fsp3) is 0.625. The molecule has 0 bridgehead atoms. The Morgan fingerprint density at radius 2 is 2.10 bits per heavy atom. The van der Waals surface area contributed by atoms with E-state index in [0.717, 1.165) is 36.9 Å². The summed E-state index contributed by atoms with van der Waals surface area (Å²) in [6, 6.07) is 2.06. The van der Waals surface area contributed by atoms with Gasteiger partial charge in [-0.3, -0.25) is 0 Å². The Bertz CT molecular complexity index is 601. The molecule has 1 N–H and O–H groups in total. The highest BCUT2D eigenvalue weighted by Gasteiger charge is 2.23. The summed E-state index contributed by atoms with van der Waals surface area (Å²) in [5.41, 5.74) is 1.99. The normalized spacial score (nSPS) is 22.9. The first kappa shape index (κ1) is 14.3. The van der Waals surface area contributed by atoms with Crippen molar-refractivity contribution in [3.63, 3.8) is 0 Å². The predicted octanol–water partition coefficient (Wildman–Crippen LogP) is 2.78. The maximum atomic E-state index is 9.20. The quantitative estimate of drug-likeness (QED) is 0.940. The van der Waals surface area contributed by atoms with Crippen LogP contribution in [0.1, 0.15) is 51.1 Å². The molecular weight excluding hydrogens is 266 g/mol. The Morgan fingerprint density at radius 3 is 2.76 bits per heavy atom. The second kappa shape index (κ2) is 6.02. The molecule has 114 valence electrons. The van der Waals surface area contributed by atoms with E-state index >= 15 is 0 Å². The number of nitrogens with zero attached hydrogens (tertiary/aromatic N) is 3. The van der Waals surface area contributed by atoms with Gasteiger partial charge < -0.3 is 9.84 Å². The molecule has 0 aliphatic heterocycles. The molecule has 0 aromatic carbocycles. The lowest BCUT2D eigenvalue weighted by molar-refractivity contribution is 0.101. The van der Waals surface area contributed by atoms with Crippen LogP contribution in [0.5, 0.6) is 5.88 Å². The third-order valence-electron chi connectivity index (χ3n) is 4.30. The highest BCUT2D eigenvalue weighted by Crippen LogP contribution is 2.29. The van der Waals surface area contributed by atoms with Crippen LogP contribution in [0.3, 0.4) is 0 Å². The highest BCUT2D eigenvalue weighted by atomic mass is 16.5. The maximum absolute atomic E-state index is 9.20. The van der Waals surface area contributed by atoms with Gasteiger partial charge in [0.1, 0.15) is 11.6 Å². The standard InChI is InChI=1S/C16H23N3O2/c1-11(2)14-9-15-16(17-7-8-19(15)18-14)21-13-5-3-12(10-20)4-6-13/h7-9,11-13,20H,3-6,10H2,1-2H3. The van der Waals surface area contributed by atoms with Crippen LogP contribution >= 0.6 is 0 Å². The monoisotopic (exact) mass is 289 g/mol. The summed E-state index contributed by atoms with van der Waals surface area (Å²) in [7, 11) is 0. The summed E-state index contributed by atoms with van der Waals surface area (Å²) >= 11 is 0. The van der Waals surface area contributed by atoms with Gasteiger partial charge in [0.05, 0.1) is 5.69 Å². The van der Waals surface area contributed by atoms with Crippen LogP contribution < -0.4 is 4.74 Å². The van der Waals surface area contributed by atoms with Gasteiger partial charge in [0.15, 0.2) is 0 Å². The average molecular weight is 289 g/mol. The molecule has 0 spiro atoms. The molecule has 2 heterocycles. The van der Waals surface area contributed by atoms with Gasteiger partial charge >= 0.3 is 0 Å². The summed E-state index contributed by atoms with van der Waals surface area (Å²) in [6.07, 6.45) is 7.82. The minimum atomic E-state index is 0.198. The molecule has 1 saturated carbocycles. The number of rotatable bonds is 4. The number of hydrogen-bond donors (Lipinski definition) is 1. The lowest BCUT2D eigenvalue weighted by Crippen LogP contribution is -2.26. The SMILES string of the molecule is CC(C)c1cc2c(OC3CCC(CO)CC3)nccn2n1. The second-order valence-electron chi connectivity index (χ2n) is 6.23. The molecule has 5 nitrogen and oxygen atoms in total.